The van der Waals surface area contributed by atoms with E-state index in [1.165, 1.54) is 6.07 Å². The molecule has 1 aliphatic rings. The second-order valence-corrected chi connectivity index (χ2v) is 7.35. The van der Waals surface area contributed by atoms with Crippen LogP contribution in [0.5, 0.6) is 0 Å². The molecular weight excluding hydrogens is 415 g/mol. The molecule has 5 aromatic rings. The summed E-state index contributed by atoms with van der Waals surface area (Å²) in [5, 5.41) is 8.23. The maximum Gasteiger partial charge on any atom is 0.312 e. The molecule has 0 saturated carbocycles. The third-order valence-electron chi connectivity index (χ3n) is 5.47. The summed E-state index contributed by atoms with van der Waals surface area (Å²) < 4.78 is 25.8. The van der Waals surface area contributed by atoms with Gasteiger partial charge >= 0.3 is 11.8 Å². The fourth-order valence-electron chi connectivity index (χ4n) is 3.99. The maximum atomic E-state index is 14.3. The Morgan fingerprint density at radius 2 is 2.06 bits per heavy atom. The van der Waals surface area contributed by atoms with E-state index in [1.54, 1.807) is 53.8 Å². The molecule has 0 spiro atoms. The van der Waals surface area contributed by atoms with Gasteiger partial charge in [0.05, 0.1) is 17.4 Å². The summed E-state index contributed by atoms with van der Waals surface area (Å²) in [6.45, 7) is 0.361. The Morgan fingerprint density at radius 1 is 1.12 bits per heavy atom. The molecule has 1 aromatic carbocycles. The van der Waals surface area contributed by atoms with Crippen LogP contribution in [-0.4, -0.2) is 42.5 Å². The minimum absolute atomic E-state index is 0.147. The molecule has 1 amide bonds. The number of halogens is 1. The molecule has 6 rings (SSSR count). The quantitative estimate of drug-likeness (QED) is 0.466. The first kappa shape index (κ1) is 18.4. The van der Waals surface area contributed by atoms with Gasteiger partial charge in [0, 0.05) is 24.9 Å². The molecule has 10 heteroatoms. The summed E-state index contributed by atoms with van der Waals surface area (Å²) in [4.78, 5) is 26.6. The Morgan fingerprint density at radius 3 is 2.91 bits per heavy atom. The molecule has 0 radical (unpaired) electrons. The van der Waals surface area contributed by atoms with Gasteiger partial charge in [-0.1, -0.05) is 12.1 Å². The predicted octanol–water partition coefficient (Wildman–Crippen LogP) is 3.53. The number of hydrogen-bond donors (Lipinski definition) is 1. The first-order chi connectivity index (χ1) is 15.7. The summed E-state index contributed by atoms with van der Waals surface area (Å²) in [5.74, 6) is -0.494. The topological polar surface area (TPSA) is 114 Å². The van der Waals surface area contributed by atoms with Crippen LogP contribution >= 0.6 is 0 Å². The number of nitrogens with zero attached hydrogens (tertiary/aromatic N) is 5. The third-order valence-corrected chi connectivity index (χ3v) is 5.47. The van der Waals surface area contributed by atoms with Crippen molar-refractivity contribution in [1.82, 2.24) is 30.0 Å². The van der Waals surface area contributed by atoms with Crippen molar-refractivity contribution in [3.05, 3.63) is 83.8 Å². The molecule has 0 bridgehead atoms. The molecule has 4 aromatic heterocycles. The van der Waals surface area contributed by atoms with Crippen molar-refractivity contribution in [2.45, 2.75) is 12.5 Å². The van der Waals surface area contributed by atoms with Gasteiger partial charge in [0.1, 0.15) is 28.9 Å². The largest absolute Gasteiger partial charge is 0.458 e. The van der Waals surface area contributed by atoms with Crippen LogP contribution in [0.25, 0.3) is 22.6 Å². The minimum Gasteiger partial charge on any atom is -0.458 e. The van der Waals surface area contributed by atoms with Crippen LogP contribution in [0.1, 0.15) is 33.9 Å². The SMILES string of the molecule is O=C(c1nnc(-c2ccccn2)o1)N1CCc2[nH]cnc2[C@H]1c1cc2c(F)cccc2o1. The number of carbonyl (C=O) groups is 1. The zero-order valence-corrected chi connectivity index (χ0v) is 16.5. The molecule has 1 atom stereocenters. The molecule has 1 N–H and O–H groups in total. The Bertz CT molecular complexity index is 1440. The fraction of sp³-hybridized carbons (Fsp3) is 0.136. The fourth-order valence-corrected chi connectivity index (χ4v) is 3.99. The average Bonchev–Trinajstić information content (AvgIpc) is 3.58. The molecule has 0 aliphatic carbocycles. The number of imidazole rings is 1. The number of benzene rings is 1. The first-order valence-corrected chi connectivity index (χ1v) is 9.95. The smallest absolute Gasteiger partial charge is 0.312 e. The number of H-pyrrole nitrogens is 1. The van der Waals surface area contributed by atoms with Gasteiger partial charge < -0.3 is 18.7 Å². The Balaban J connectivity index is 1.41. The van der Waals surface area contributed by atoms with Crippen molar-refractivity contribution in [2.75, 3.05) is 6.54 Å². The van der Waals surface area contributed by atoms with E-state index in [0.29, 0.717) is 41.1 Å². The number of nitrogens with one attached hydrogen (secondary N) is 1. The highest BCUT2D eigenvalue weighted by Crippen LogP contribution is 2.37. The summed E-state index contributed by atoms with van der Waals surface area (Å²) in [6, 6.07) is 10.8. The van der Waals surface area contributed by atoms with Gasteiger partial charge in [-0.3, -0.25) is 9.78 Å². The van der Waals surface area contributed by atoms with E-state index >= 15 is 0 Å². The number of aromatic nitrogens is 5. The molecule has 32 heavy (non-hydrogen) atoms. The molecule has 158 valence electrons. The van der Waals surface area contributed by atoms with Gasteiger partial charge in [0.15, 0.2) is 0 Å². The van der Waals surface area contributed by atoms with Crippen molar-refractivity contribution in [1.29, 1.82) is 0 Å². The summed E-state index contributed by atoms with van der Waals surface area (Å²) in [7, 11) is 0. The van der Waals surface area contributed by atoms with E-state index in [-0.39, 0.29) is 11.8 Å². The normalized spacial score (nSPS) is 15.8. The number of furan rings is 1. The van der Waals surface area contributed by atoms with Gasteiger partial charge in [0.25, 0.3) is 5.89 Å². The number of carbonyl (C=O) groups excluding carboxylic acids is 1. The van der Waals surface area contributed by atoms with Crippen LogP contribution < -0.4 is 0 Å². The summed E-state index contributed by atoms with van der Waals surface area (Å²) in [5.41, 5.74) is 2.38. The van der Waals surface area contributed by atoms with Crippen LogP contribution in [0.2, 0.25) is 0 Å². The lowest BCUT2D eigenvalue weighted by molar-refractivity contribution is 0.0632. The van der Waals surface area contributed by atoms with Crippen molar-refractivity contribution in [2.24, 2.45) is 0 Å². The molecule has 1 aliphatic heterocycles. The maximum absolute atomic E-state index is 14.3. The molecule has 0 saturated heterocycles. The number of amides is 1. The van der Waals surface area contributed by atoms with Crippen LogP contribution in [0.4, 0.5) is 4.39 Å². The van der Waals surface area contributed by atoms with Crippen molar-refractivity contribution in [3.8, 4) is 11.6 Å². The number of aromatic amines is 1. The highest BCUT2D eigenvalue weighted by atomic mass is 19.1. The van der Waals surface area contributed by atoms with E-state index < -0.39 is 17.8 Å². The van der Waals surface area contributed by atoms with Gasteiger partial charge in [-0.15, -0.1) is 10.2 Å². The van der Waals surface area contributed by atoms with Gasteiger partial charge in [-0.25, -0.2) is 9.37 Å². The van der Waals surface area contributed by atoms with Crippen LogP contribution in [0.3, 0.4) is 0 Å². The number of fused-ring (bicyclic) bond motifs is 2. The predicted molar refractivity (Wildman–Crippen MR) is 109 cm³/mol. The van der Waals surface area contributed by atoms with Gasteiger partial charge in [0.2, 0.25) is 0 Å². The van der Waals surface area contributed by atoms with Crippen molar-refractivity contribution in [3.63, 3.8) is 0 Å². The standard InChI is InChI=1S/C22H15FN6O3/c23-13-4-3-6-16-12(13)10-17(31-16)19-18-14(25-11-26-18)7-9-29(19)22(30)21-28-27-20(32-21)15-5-1-2-8-24-15/h1-6,8,10-11,19H,7,9H2,(H,25,26)/t19-/m1/s1. The van der Waals surface area contributed by atoms with E-state index in [2.05, 4.69) is 25.1 Å². The van der Waals surface area contributed by atoms with Crippen LogP contribution in [0.15, 0.2) is 63.8 Å². The molecule has 0 unspecified atom stereocenters. The monoisotopic (exact) mass is 430 g/mol. The Labute approximate surface area is 179 Å². The van der Waals surface area contributed by atoms with E-state index in [1.807, 2.05) is 0 Å². The van der Waals surface area contributed by atoms with E-state index in [4.69, 9.17) is 8.83 Å². The molecule has 0 fully saturated rings. The highest BCUT2D eigenvalue weighted by molar-refractivity contribution is 5.90. The van der Waals surface area contributed by atoms with E-state index in [0.717, 1.165) is 5.69 Å². The lowest BCUT2D eigenvalue weighted by Crippen LogP contribution is -2.40. The second kappa shape index (κ2) is 7.12. The van der Waals surface area contributed by atoms with E-state index in [9.17, 15) is 9.18 Å². The minimum atomic E-state index is -0.672. The summed E-state index contributed by atoms with van der Waals surface area (Å²) in [6.07, 6.45) is 3.73. The van der Waals surface area contributed by atoms with Gasteiger partial charge in [-0.2, -0.15) is 0 Å². The lowest BCUT2D eigenvalue weighted by Gasteiger charge is -2.32. The highest BCUT2D eigenvalue weighted by Gasteiger charge is 2.38. The zero-order chi connectivity index (χ0) is 21.7. The lowest BCUT2D eigenvalue weighted by atomic mass is 10.00. The average molecular weight is 430 g/mol. The Hall–Kier alpha value is -4.34. The Kier molecular flexibility index (Phi) is 4.10. The van der Waals surface area contributed by atoms with Gasteiger partial charge in [-0.05, 0) is 30.3 Å². The molecule has 9 nitrogen and oxygen atoms in total. The second-order valence-electron chi connectivity index (χ2n) is 7.35. The zero-order valence-electron chi connectivity index (χ0n) is 16.5. The molecule has 5 heterocycles. The number of pyridine rings is 1. The van der Waals surface area contributed by atoms with Crippen LogP contribution in [-0.2, 0) is 6.42 Å². The van der Waals surface area contributed by atoms with Crippen molar-refractivity contribution < 1.29 is 18.0 Å². The van der Waals surface area contributed by atoms with Crippen LogP contribution in [0, 0.1) is 5.82 Å². The summed E-state index contributed by atoms with van der Waals surface area (Å²) >= 11 is 0. The van der Waals surface area contributed by atoms with Crippen molar-refractivity contribution >= 4 is 16.9 Å². The number of hydrogen-bond acceptors (Lipinski definition) is 7. The third kappa shape index (κ3) is 2.88. The first-order valence-electron chi connectivity index (χ1n) is 9.95. The molecular formula is C22H15FN6O3. The number of rotatable bonds is 3.